The predicted octanol–water partition coefficient (Wildman–Crippen LogP) is 3.58. The predicted molar refractivity (Wildman–Crippen MR) is 96.6 cm³/mol. The van der Waals surface area contributed by atoms with Gasteiger partial charge in [-0.15, -0.1) is 16.4 Å². The maximum absolute atomic E-state index is 12.4. The van der Waals surface area contributed by atoms with Gasteiger partial charge in [0.05, 0.1) is 11.4 Å². The molecular weight excluding hydrogens is 376 g/mol. The van der Waals surface area contributed by atoms with Gasteiger partial charge in [-0.05, 0) is 37.1 Å². The molecule has 3 N–H and O–H groups in total. The van der Waals surface area contributed by atoms with E-state index >= 15 is 0 Å². The van der Waals surface area contributed by atoms with Crippen LogP contribution in [0.1, 0.15) is 26.5 Å². The van der Waals surface area contributed by atoms with Crippen LogP contribution in [0.15, 0.2) is 28.7 Å². The SMILES string of the molecule is Cc1nnc2sc(C(=O)NCc3cccc(Br)c3)c(N)c2c1C. The second kappa shape index (κ2) is 6.25. The molecule has 3 rings (SSSR count). The van der Waals surface area contributed by atoms with Crippen LogP contribution in [0.5, 0.6) is 0 Å². The molecule has 2 heterocycles. The average Bonchev–Trinajstić information content (AvgIpc) is 2.86. The van der Waals surface area contributed by atoms with E-state index in [0.29, 0.717) is 21.9 Å². The van der Waals surface area contributed by atoms with Crippen LogP contribution in [-0.2, 0) is 6.54 Å². The van der Waals surface area contributed by atoms with Gasteiger partial charge in [0, 0.05) is 16.4 Å². The summed E-state index contributed by atoms with van der Waals surface area (Å²) in [5, 5.41) is 12.0. The number of nitrogens with one attached hydrogen (secondary N) is 1. The molecule has 2 aromatic heterocycles. The van der Waals surface area contributed by atoms with Gasteiger partial charge in [0.25, 0.3) is 5.91 Å². The van der Waals surface area contributed by atoms with E-state index in [4.69, 9.17) is 5.73 Å². The van der Waals surface area contributed by atoms with E-state index in [-0.39, 0.29) is 5.91 Å². The number of carbonyl (C=O) groups is 1. The number of aryl methyl sites for hydroxylation is 2. The van der Waals surface area contributed by atoms with E-state index in [9.17, 15) is 4.79 Å². The Morgan fingerprint density at radius 1 is 1.35 bits per heavy atom. The lowest BCUT2D eigenvalue weighted by Crippen LogP contribution is -2.22. The molecule has 0 fully saturated rings. The van der Waals surface area contributed by atoms with E-state index < -0.39 is 0 Å². The second-order valence-corrected chi connectivity index (χ2v) is 7.16. The Kier molecular flexibility index (Phi) is 4.32. The molecule has 5 nitrogen and oxygen atoms in total. The number of nitrogens with zero attached hydrogens (tertiary/aromatic N) is 2. The van der Waals surface area contributed by atoms with E-state index in [0.717, 1.165) is 26.7 Å². The van der Waals surface area contributed by atoms with Gasteiger partial charge in [-0.2, -0.15) is 5.10 Å². The third kappa shape index (κ3) is 3.07. The minimum atomic E-state index is -0.192. The average molecular weight is 391 g/mol. The highest BCUT2D eigenvalue weighted by Gasteiger charge is 2.19. The summed E-state index contributed by atoms with van der Waals surface area (Å²) in [5.74, 6) is -0.192. The molecular formula is C16H15BrN4OS. The quantitative estimate of drug-likeness (QED) is 0.715. The lowest BCUT2D eigenvalue weighted by atomic mass is 10.1. The normalized spacial score (nSPS) is 10.9. The first-order valence-corrected chi connectivity index (χ1v) is 8.63. The number of halogens is 1. The van der Waals surface area contributed by atoms with Crippen molar-refractivity contribution >= 4 is 49.1 Å². The number of nitrogens with two attached hydrogens (primary N) is 1. The van der Waals surface area contributed by atoms with Crippen molar-refractivity contribution in [1.29, 1.82) is 0 Å². The van der Waals surface area contributed by atoms with E-state index in [1.807, 2.05) is 38.1 Å². The third-order valence-electron chi connectivity index (χ3n) is 3.68. The van der Waals surface area contributed by atoms with Crippen LogP contribution in [0.4, 0.5) is 5.69 Å². The number of hydrogen-bond acceptors (Lipinski definition) is 5. The minimum Gasteiger partial charge on any atom is -0.397 e. The first-order valence-electron chi connectivity index (χ1n) is 7.02. The fraction of sp³-hybridized carbons (Fsp3) is 0.188. The maximum Gasteiger partial charge on any atom is 0.263 e. The summed E-state index contributed by atoms with van der Waals surface area (Å²) in [6, 6.07) is 7.80. The first-order chi connectivity index (χ1) is 11.0. The molecule has 0 saturated heterocycles. The fourth-order valence-electron chi connectivity index (χ4n) is 2.32. The molecule has 0 aliphatic rings. The highest BCUT2D eigenvalue weighted by molar-refractivity contribution is 9.10. The molecule has 23 heavy (non-hydrogen) atoms. The number of thiophene rings is 1. The van der Waals surface area contributed by atoms with Gasteiger partial charge in [-0.25, -0.2) is 0 Å². The number of hydrogen-bond donors (Lipinski definition) is 2. The fourth-order valence-corrected chi connectivity index (χ4v) is 3.78. The van der Waals surface area contributed by atoms with Crippen molar-refractivity contribution in [1.82, 2.24) is 15.5 Å². The summed E-state index contributed by atoms with van der Waals surface area (Å²) in [4.78, 5) is 13.6. The Balaban J connectivity index is 1.87. The lowest BCUT2D eigenvalue weighted by Gasteiger charge is -2.05. The Bertz CT molecular complexity index is 906. The monoisotopic (exact) mass is 390 g/mol. The second-order valence-electron chi connectivity index (χ2n) is 5.25. The Morgan fingerprint density at radius 3 is 2.87 bits per heavy atom. The molecule has 0 atom stereocenters. The van der Waals surface area contributed by atoms with Crippen LogP contribution in [-0.4, -0.2) is 16.1 Å². The number of aromatic nitrogens is 2. The van der Waals surface area contributed by atoms with Crippen LogP contribution in [0.25, 0.3) is 10.2 Å². The molecule has 0 aliphatic carbocycles. The van der Waals surface area contributed by atoms with Gasteiger partial charge in [0.15, 0.2) is 0 Å². The van der Waals surface area contributed by atoms with Crippen molar-refractivity contribution in [3.8, 4) is 0 Å². The summed E-state index contributed by atoms with van der Waals surface area (Å²) in [5.41, 5.74) is 9.46. The molecule has 0 unspecified atom stereocenters. The Labute approximate surface area is 146 Å². The first kappa shape index (κ1) is 15.9. The Hall–Kier alpha value is -1.99. The zero-order valence-corrected chi connectivity index (χ0v) is 15.1. The molecule has 0 radical (unpaired) electrons. The van der Waals surface area contributed by atoms with Crippen molar-refractivity contribution in [2.45, 2.75) is 20.4 Å². The van der Waals surface area contributed by atoms with Crippen molar-refractivity contribution in [2.75, 3.05) is 5.73 Å². The maximum atomic E-state index is 12.4. The van der Waals surface area contributed by atoms with Gasteiger partial charge in [-0.1, -0.05) is 28.1 Å². The van der Waals surface area contributed by atoms with Crippen molar-refractivity contribution < 1.29 is 4.79 Å². The van der Waals surface area contributed by atoms with E-state index in [1.165, 1.54) is 11.3 Å². The molecule has 3 aromatic rings. The highest BCUT2D eigenvalue weighted by Crippen LogP contribution is 2.34. The van der Waals surface area contributed by atoms with Crippen LogP contribution in [0, 0.1) is 13.8 Å². The zero-order chi connectivity index (χ0) is 16.6. The number of benzene rings is 1. The number of amides is 1. The van der Waals surface area contributed by atoms with Gasteiger partial charge in [0.2, 0.25) is 0 Å². The summed E-state index contributed by atoms with van der Waals surface area (Å²) >= 11 is 4.69. The minimum absolute atomic E-state index is 0.192. The third-order valence-corrected chi connectivity index (χ3v) is 5.27. The van der Waals surface area contributed by atoms with Gasteiger partial charge in [-0.3, -0.25) is 4.79 Å². The Morgan fingerprint density at radius 2 is 2.13 bits per heavy atom. The van der Waals surface area contributed by atoms with Crippen molar-refractivity contribution in [3.63, 3.8) is 0 Å². The molecule has 0 spiro atoms. The number of nitrogen functional groups attached to an aromatic ring is 1. The van der Waals surface area contributed by atoms with Crippen LogP contribution in [0.3, 0.4) is 0 Å². The standard InChI is InChI=1S/C16H15BrN4OS/c1-8-9(2)20-21-16-12(8)13(18)14(23-16)15(22)19-7-10-4-3-5-11(17)6-10/h3-6H,7,18H2,1-2H3,(H,19,22). The molecule has 1 amide bonds. The van der Waals surface area contributed by atoms with Crippen LogP contribution in [0.2, 0.25) is 0 Å². The van der Waals surface area contributed by atoms with Crippen LogP contribution < -0.4 is 11.1 Å². The molecule has 7 heteroatoms. The summed E-state index contributed by atoms with van der Waals surface area (Å²) in [7, 11) is 0. The molecule has 0 aliphatic heterocycles. The van der Waals surface area contributed by atoms with Crippen molar-refractivity contribution in [3.05, 3.63) is 50.4 Å². The zero-order valence-electron chi connectivity index (χ0n) is 12.7. The van der Waals surface area contributed by atoms with Gasteiger partial charge < -0.3 is 11.1 Å². The molecule has 118 valence electrons. The molecule has 1 aromatic carbocycles. The summed E-state index contributed by atoms with van der Waals surface area (Å²) < 4.78 is 0.979. The number of anilines is 1. The molecule has 0 saturated carbocycles. The largest absolute Gasteiger partial charge is 0.397 e. The van der Waals surface area contributed by atoms with E-state index in [1.54, 1.807) is 0 Å². The van der Waals surface area contributed by atoms with Gasteiger partial charge >= 0.3 is 0 Å². The van der Waals surface area contributed by atoms with Crippen LogP contribution >= 0.6 is 27.3 Å². The summed E-state index contributed by atoms with van der Waals surface area (Å²) in [6.45, 7) is 4.26. The van der Waals surface area contributed by atoms with Gasteiger partial charge in [0.1, 0.15) is 9.71 Å². The smallest absolute Gasteiger partial charge is 0.263 e. The highest BCUT2D eigenvalue weighted by atomic mass is 79.9. The number of fused-ring (bicyclic) bond motifs is 1. The number of rotatable bonds is 3. The molecule has 0 bridgehead atoms. The van der Waals surface area contributed by atoms with E-state index in [2.05, 4.69) is 31.4 Å². The van der Waals surface area contributed by atoms with Crippen molar-refractivity contribution in [2.24, 2.45) is 0 Å². The topological polar surface area (TPSA) is 80.9 Å². The summed E-state index contributed by atoms with van der Waals surface area (Å²) in [6.07, 6.45) is 0. The lowest BCUT2D eigenvalue weighted by molar-refractivity contribution is 0.0956. The number of carbonyl (C=O) groups excluding carboxylic acids is 1.